The molecule has 0 aromatic heterocycles. The zero-order chi connectivity index (χ0) is 20.1. The van der Waals surface area contributed by atoms with E-state index >= 15 is 0 Å². The molecule has 0 spiro atoms. The van der Waals surface area contributed by atoms with Crippen LogP contribution in [-0.4, -0.2) is 41.4 Å². The van der Waals surface area contributed by atoms with E-state index in [1.807, 2.05) is 0 Å². The minimum Gasteiger partial charge on any atom is -0.502 e. The number of nitro benzene ring substituents is 1. The second-order valence-electron chi connectivity index (χ2n) is 5.55. The Morgan fingerprint density at radius 1 is 1.21 bits per heavy atom. The van der Waals surface area contributed by atoms with Crippen molar-refractivity contribution in [3.05, 3.63) is 57.6 Å². The van der Waals surface area contributed by atoms with Crippen LogP contribution in [0.25, 0.3) is 0 Å². The van der Waals surface area contributed by atoms with Crippen LogP contribution in [0.1, 0.15) is 15.9 Å². The molecular weight excluding hydrogens is 372 g/mol. The van der Waals surface area contributed by atoms with Crippen LogP contribution in [0.3, 0.4) is 0 Å². The Morgan fingerprint density at radius 3 is 2.79 bits per heavy atom. The first kappa shape index (κ1) is 18.6. The van der Waals surface area contributed by atoms with Gasteiger partial charge >= 0.3 is 5.69 Å². The van der Waals surface area contributed by atoms with Gasteiger partial charge in [0.1, 0.15) is 0 Å². The maximum absolute atomic E-state index is 12.1. The average molecular weight is 386 g/mol. The molecule has 0 radical (unpaired) electrons. The van der Waals surface area contributed by atoms with Gasteiger partial charge in [0, 0.05) is 17.2 Å². The van der Waals surface area contributed by atoms with Gasteiger partial charge in [-0.3, -0.25) is 19.7 Å². The Hall–Kier alpha value is -4.15. The van der Waals surface area contributed by atoms with E-state index in [0.717, 1.165) is 12.1 Å². The molecule has 3 N–H and O–H groups in total. The highest BCUT2D eigenvalue weighted by Gasteiger charge is 2.16. The summed E-state index contributed by atoms with van der Waals surface area (Å²) in [7, 11) is 0. The molecule has 1 aliphatic rings. The lowest BCUT2D eigenvalue weighted by atomic mass is 10.2. The van der Waals surface area contributed by atoms with Crippen molar-refractivity contribution in [3.8, 4) is 17.2 Å². The second-order valence-corrected chi connectivity index (χ2v) is 5.55. The first-order chi connectivity index (χ1) is 13.4. The molecule has 0 bridgehead atoms. The van der Waals surface area contributed by atoms with E-state index in [4.69, 9.17) is 9.47 Å². The molecule has 0 saturated carbocycles. The Bertz CT molecular complexity index is 974. The number of nitrogens with one attached hydrogen (secondary N) is 2. The molecule has 11 nitrogen and oxygen atoms in total. The van der Waals surface area contributed by atoms with Crippen LogP contribution in [0.2, 0.25) is 0 Å². The quantitative estimate of drug-likeness (QED) is 0.379. The van der Waals surface area contributed by atoms with Crippen LogP contribution in [0.4, 0.5) is 5.69 Å². The highest BCUT2D eigenvalue weighted by molar-refractivity contribution is 5.97. The van der Waals surface area contributed by atoms with Crippen molar-refractivity contribution >= 4 is 23.7 Å². The Balaban J connectivity index is 1.50. The summed E-state index contributed by atoms with van der Waals surface area (Å²) in [4.78, 5) is 33.8. The molecular formula is C17H14N4O7. The fraction of sp³-hybridized carbons (Fsp3) is 0.118. The van der Waals surface area contributed by atoms with Gasteiger partial charge in [-0.15, -0.1) is 0 Å². The summed E-state index contributed by atoms with van der Waals surface area (Å²) < 4.78 is 10.3. The van der Waals surface area contributed by atoms with E-state index in [9.17, 15) is 24.8 Å². The van der Waals surface area contributed by atoms with Crippen LogP contribution in [0.5, 0.6) is 17.2 Å². The molecule has 3 rings (SSSR count). The van der Waals surface area contributed by atoms with Gasteiger partial charge in [0.05, 0.1) is 17.7 Å². The number of benzene rings is 2. The maximum Gasteiger partial charge on any atom is 0.311 e. The molecule has 28 heavy (non-hydrogen) atoms. The molecule has 0 atom stereocenters. The van der Waals surface area contributed by atoms with E-state index in [2.05, 4.69) is 15.8 Å². The fourth-order valence-corrected chi connectivity index (χ4v) is 2.29. The normalized spacial score (nSPS) is 12.0. The smallest absolute Gasteiger partial charge is 0.311 e. The maximum atomic E-state index is 12.1. The van der Waals surface area contributed by atoms with Crippen molar-refractivity contribution in [2.24, 2.45) is 5.10 Å². The summed E-state index contributed by atoms with van der Waals surface area (Å²) in [5.41, 5.74) is 2.30. The molecule has 2 aromatic rings. The number of hydrogen-bond donors (Lipinski definition) is 3. The third-order valence-corrected chi connectivity index (χ3v) is 3.64. The number of rotatable bonds is 6. The topological polar surface area (TPSA) is 152 Å². The third kappa shape index (κ3) is 4.33. The number of hydrogen-bond acceptors (Lipinski definition) is 8. The molecule has 1 heterocycles. The first-order valence-electron chi connectivity index (χ1n) is 7.91. The summed E-state index contributed by atoms with van der Waals surface area (Å²) in [5.74, 6) is -0.564. The number of nitrogens with zero attached hydrogens (tertiary/aromatic N) is 2. The van der Waals surface area contributed by atoms with Crippen molar-refractivity contribution in [3.63, 3.8) is 0 Å². The third-order valence-electron chi connectivity index (χ3n) is 3.64. The second kappa shape index (κ2) is 8.03. The van der Waals surface area contributed by atoms with Crippen molar-refractivity contribution in [1.82, 2.24) is 10.7 Å². The molecule has 1 aliphatic heterocycles. The summed E-state index contributed by atoms with van der Waals surface area (Å²) in [6, 6.07) is 8.28. The van der Waals surface area contributed by atoms with Gasteiger partial charge in [-0.25, -0.2) is 5.43 Å². The number of carbonyl (C=O) groups is 2. The molecule has 0 saturated heterocycles. The monoisotopic (exact) mass is 386 g/mol. The van der Waals surface area contributed by atoms with Crippen LogP contribution in [0.15, 0.2) is 41.5 Å². The molecule has 2 aromatic carbocycles. The van der Waals surface area contributed by atoms with Crippen LogP contribution >= 0.6 is 0 Å². The molecule has 144 valence electrons. The number of nitro groups is 1. The van der Waals surface area contributed by atoms with E-state index < -0.39 is 28.2 Å². The molecule has 0 aliphatic carbocycles. The van der Waals surface area contributed by atoms with Gasteiger partial charge in [0.2, 0.25) is 6.79 Å². The molecule has 0 unspecified atom stereocenters. The predicted octanol–water partition coefficient (Wildman–Crippen LogP) is 0.909. The number of fused-ring (bicyclic) bond motifs is 1. The highest BCUT2D eigenvalue weighted by Crippen LogP contribution is 2.32. The number of phenolic OH excluding ortho intramolecular Hbond substituents is 1. The van der Waals surface area contributed by atoms with Crippen molar-refractivity contribution in [2.75, 3.05) is 13.3 Å². The number of carbonyl (C=O) groups excluding carboxylic acids is 2. The number of hydrazone groups is 1. The summed E-state index contributed by atoms with van der Waals surface area (Å²) in [5, 5.41) is 26.2. The molecule has 11 heteroatoms. The summed E-state index contributed by atoms with van der Waals surface area (Å²) in [6.45, 7) is -0.245. The van der Waals surface area contributed by atoms with E-state index in [-0.39, 0.29) is 13.3 Å². The first-order valence-corrected chi connectivity index (χ1v) is 7.91. The van der Waals surface area contributed by atoms with Crippen molar-refractivity contribution in [1.29, 1.82) is 0 Å². The molecule has 2 amide bonds. The zero-order valence-electron chi connectivity index (χ0n) is 14.2. The van der Waals surface area contributed by atoms with Crippen LogP contribution < -0.4 is 20.2 Å². The fourth-order valence-electron chi connectivity index (χ4n) is 2.29. The van der Waals surface area contributed by atoms with Crippen LogP contribution in [-0.2, 0) is 4.79 Å². The van der Waals surface area contributed by atoms with Crippen LogP contribution in [0, 0.1) is 10.1 Å². The standard InChI is InChI=1S/C17H14N4O7/c22-13-3-1-10(5-12(13)21(25)26)7-19-20-16(23)8-18-17(24)11-2-4-14-15(6-11)28-9-27-14/h1-7,22H,8-9H2,(H,18,24)(H,20,23). The minimum absolute atomic E-state index is 0.0883. The van der Waals surface area contributed by atoms with Gasteiger partial charge in [-0.05, 0) is 30.3 Å². The van der Waals surface area contributed by atoms with Gasteiger partial charge in [0.15, 0.2) is 17.2 Å². The highest BCUT2D eigenvalue weighted by atomic mass is 16.7. The van der Waals surface area contributed by atoms with Gasteiger partial charge in [0.25, 0.3) is 11.8 Å². The number of aromatic hydroxyl groups is 1. The lowest BCUT2D eigenvalue weighted by Crippen LogP contribution is -2.34. The SMILES string of the molecule is O=C(CNC(=O)c1ccc2c(c1)OCO2)NN=Cc1ccc(O)c([N+](=O)[O-])c1. The van der Waals surface area contributed by atoms with Gasteiger partial charge in [-0.2, -0.15) is 5.10 Å². The Kier molecular flexibility index (Phi) is 5.35. The zero-order valence-corrected chi connectivity index (χ0v) is 14.2. The van der Waals surface area contributed by atoms with E-state index in [0.29, 0.717) is 22.6 Å². The number of ether oxygens (including phenoxy) is 2. The van der Waals surface area contributed by atoms with E-state index in [1.54, 1.807) is 6.07 Å². The number of amides is 2. The van der Waals surface area contributed by atoms with Crippen molar-refractivity contribution in [2.45, 2.75) is 0 Å². The number of phenols is 1. The average Bonchev–Trinajstić information content (AvgIpc) is 3.15. The predicted molar refractivity (Wildman–Crippen MR) is 95.4 cm³/mol. The Labute approximate surface area is 157 Å². The summed E-state index contributed by atoms with van der Waals surface area (Å²) >= 11 is 0. The lowest BCUT2D eigenvalue weighted by Gasteiger charge is -2.05. The largest absolute Gasteiger partial charge is 0.502 e. The van der Waals surface area contributed by atoms with Gasteiger partial charge in [-0.1, -0.05) is 0 Å². The van der Waals surface area contributed by atoms with Gasteiger partial charge < -0.3 is 19.9 Å². The lowest BCUT2D eigenvalue weighted by molar-refractivity contribution is -0.385. The minimum atomic E-state index is -0.739. The molecule has 0 fully saturated rings. The summed E-state index contributed by atoms with van der Waals surface area (Å²) in [6.07, 6.45) is 1.17. The van der Waals surface area contributed by atoms with E-state index in [1.165, 1.54) is 24.4 Å². The Morgan fingerprint density at radius 2 is 2.00 bits per heavy atom. The van der Waals surface area contributed by atoms with Crippen molar-refractivity contribution < 1.29 is 29.1 Å².